The summed E-state index contributed by atoms with van der Waals surface area (Å²) in [4.78, 5) is 2.21. The van der Waals surface area contributed by atoms with Crippen molar-refractivity contribution in [3.8, 4) is 0 Å². The Balaban J connectivity index is 1.61. The van der Waals surface area contributed by atoms with Crippen LogP contribution in [0.15, 0.2) is 48.5 Å². The summed E-state index contributed by atoms with van der Waals surface area (Å²) in [6.45, 7) is 2.55. The Bertz CT molecular complexity index is 640. The molecule has 3 rings (SSSR count). The molecule has 21 heavy (non-hydrogen) atoms. The van der Waals surface area contributed by atoms with Crippen molar-refractivity contribution in [3.05, 3.63) is 65.2 Å². The third kappa shape index (κ3) is 3.34. The van der Waals surface area contributed by atoms with Crippen molar-refractivity contribution in [2.24, 2.45) is 0 Å². The zero-order valence-corrected chi connectivity index (χ0v) is 12.7. The molecule has 108 valence electrons. The Morgan fingerprint density at radius 3 is 2.76 bits per heavy atom. The standard InChI is InChI=1S/C17H19N3S/c18-16-7-6-14-8-9-20(12-15(14)10-16)17(21)19-11-13-4-2-1-3-5-13/h1-7,10H,8-9,11-12,18H2,(H,19,21). The summed E-state index contributed by atoms with van der Waals surface area (Å²) in [7, 11) is 0. The van der Waals surface area contributed by atoms with E-state index in [0.717, 1.165) is 36.9 Å². The molecule has 0 saturated carbocycles. The van der Waals surface area contributed by atoms with E-state index in [4.69, 9.17) is 18.0 Å². The molecule has 0 radical (unpaired) electrons. The molecule has 0 aliphatic carbocycles. The Labute approximate surface area is 130 Å². The molecule has 2 aromatic carbocycles. The zero-order valence-electron chi connectivity index (χ0n) is 11.9. The molecule has 0 bridgehead atoms. The smallest absolute Gasteiger partial charge is 0.169 e. The van der Waals surface area contributed by atoms with Crippen molar-refractivity contribution in [2.45, 2.75) is 19.5 Å². The van der Waals surface area contributed by atoms with E-state index in [0.29, 0.717) is 0 Å². The molecule has 3 nitrogen and oxygen atoms in total. The first-order valence-electron chi connectivity index (χ1n) is 7.16. The number of benzene rings is 2. The van der Waals surface area contributed by atoms with Gasteiger partial charge in [-0.05, 0) is 47.5 Å². The van der Waals surface area contributed by atoms with Crippen LogP contribution in [-0.4, -0.2) is 16.6 Å². The predicted octanol–water partition coefficient (Wildman–Crippen LogP) is 2.70. The minimum absolute atomic E-state index is 0.764. The van der Waals surface area contributed by atoms with Gasteiger partial charge in [0.05, 0.1) is 0 Å². The number of hydrogen-bond acceptors (Lipinski definition) is 2. The van der Waals surface area contributed by atoms with Crippen LogP contribution in [0.25, 0.3) is 0 Å². The molecule has 1 aliphatic heterocycles. The highest BCUT2D eigenvalue weighted by atomic mass is 32.1. The van der Waals surface area contributed by atoms with Crippen LogP contribution < -0.4 is 11.1 Å². The summed E-state index contributed by atoms with van der Waals surface area (Å²) < 4.78 is 0. The third-order valence-electron chi connectivity index (χ3n) is 3.82. The summed E-state index contributed by atoms with van der Waals surface area (Å²) >= 11 is 5.52. The van der Waals surface area contributed by atoms with Crippen LogP contribution >= 0.6 is 12.2 Å². The van der Waals surface area contributed by atoms with E-state index >= 15 is 0 Å². The van der Waals surface area contributed by atoms with Crippen molar-refractivity contribution in [2.75, 3.05) is 12.3 Å². The number of anilines is 1. The van der Waals surface area contributed by atoms with Gasteiger partial charge < -0.3 is 16.0 Å². The molecule has 0 amide bonds. The third-order valence-corrected chi connectivity index (χ3v) is 4.22. The van der Waals surface area contributed by atoms with Gasteiger partial charge in [-0.15, -0.1) is 0 Å². The highest BCUT2D eigenvalue weighted by Crippen LogP contribution is 2.21. The summed E-state index contributed by atoms with van der Waals surface area (Å²) in [5.41, 5.74) is 10.6. The average Bonchev–Trinajstić information content (AvgIpc) is 2.53. The molecule has 0 spiro atoms. The van der Waals surface area contributed by atoms with Crippen molar-refractivity contribution in [1.82, 2.24) is 10.2 Å². The molecular weight excluding hydrogens is 278 g/mol. The molecular formula is C17H19N3S. The second kappa shape index (κ2) is 6.14. The van der Waals surface area contributed by atoms with E-state index in [2.05, 4.69) is 34.5 Å². The summed E-state index contributed by atoms with van der Waals surface area (Å²) in [6, 6.07) is 16.5. The number of nitrogens with two attached hydrogens (primary N) is 1. The molecule has 0 atom stereocenters. The summed E-state index contributed by atoms with van der Waals surface area (Å²) in [5, 5.41) is 4.15. The fourth-order valence-electron chi connectivity index (χ4n) is 2.64. The van der Waals surface area contributed by atoms with Crippen LogP contribution in [0.3, 0.4) is 0 Å². The van der Waals surface area contributed by atoms with E-state index in [1.807, 2.05) is 24.3 Å². The molecule has 0 unspecified atom stereocenters. The molecule has 0 saturated heterocycles. The Morgan fingerprint density at radius 2 is 1.95 bits per heavy atom. The van der Waals surface area contributed by atoms with Crippen molar-refractivity contribution in [3.63, 3.8) is 0 Å². The van der Waals surface area contributed by atoms with E-state index in [1.54, 1.807) is 0 Å². The van der Waals surface area contributed by atoms with Gasteiger partial charge in [-0.3, -0.25) is 0 Å². The van der Waals surface area contributed by atoms with Gasteiger partial charge in [0.1, 0.15) is 0 Å². The monoisotopic (exact) mass is 297 g/mol. The number of nitrogens with zero attached hydrogens (tertiary/aromatic N) is 1. The van der Waals surface area contributed by atoms with Crippen molar-refractivity contribution >= 4 is 23.0 Å². The molecule has 2 aromatic rings. The number of hydrogen-bond donors (Lipinski definition) is 2. The minimum Gasteiger partial charge on any atom is -0.399 e. The number of nitrogens with one attached hydrogen (secondary N) is 1. The lowest BCUT2D eigenvalue weighted by atomic mass is 9.99. The summed E-state index contributed by atoms with van der Waals surface area (Å²) in [6.07, 6.45) is 1.02. The van der Waals surface area contributed by atoms with Crippen molar-refractivity contribution in [1.29, 1.82) is 0 Å². The molecule has 1 aliphatic rings. The molecule has 3 N–H and O–H groups in total. The maximum Gasteiger partial charge on any atom is 0.169 e. The van der Waals surface area contributed by atoms with Gasteiger partial charge in [-0.1, -0.05) is 36.4 Å². The van der Waals surface area contributed by atoms with Crippen LogP contribution in [-0.2, 0) is 19.5 Å². The normalized spacial score (nSPS) is 13.6. The van der Waals surface area contributed by atoms with E-state index in [-0.39, 0.29) is 0 Å². The SMILES string of the molecule is Nc1ccc2c(c1)CN(C(=S)NCc1ccccc1)CC2. The first-order valence-corrected chi connectivity index (χ1v) is 7.57. The zero-order chi connectivity index (χ0) is 14.7. The van der Waals surface area contributed by atoms with Crippen LogP contribution in [0.2, 0.25) is 0 Å². The van der Waals surface area contributed by atoms with Crippen molar-refractivity contribution < 1.29 is 0 Å². The van der Waals surface area contributed by atoms with E-state index < -0.39 is 0 Å². The van der Waals surface area contributed by atoms with Gasteiger partial charge in [-0.25, -0.2) is 0 Å². The van der Waals surface area contributed by atoms with E-state index in [9.17, 15) is 0 Å². The van der Waals surface area contributed by atoms with Crippen LogP contribution in [0.1, 0.15) is 16.7 Å². The van der Waals surface area contributed by atoms with Crippen LogP contribution in [0.4, 0.5) is 5.69 Å². The lowest BCUT2D eigenvalue weighted by Crippen LogP contribution is -2.42. The maximum atomic E-state index is 5.87. The fourth-order valence-corrected chi connectivity index (χ4v) is 2.86. The highest BCUT2D eigenvalue weighted by Gasteiger charge is 2.18. The fraction of sp³-hybridized carbons (Fsp3) is 0.235. The van der Waals surface area contributed by atoms with Gasteiger partial charge in [-0.2, -0.15) is 0 Å². The van der Waals surface area contributed by atoms with Gasteiger partial charge >= 0.3 is 0 Å². The molecule has 0 fully saturated rings. The van der Waals surface area contributed by atoms with Gasteiger partial charge in [0, 0.05) is 25.3 Å². The Kier molecular flexibility index (Phi) is 4.06. The van der Waals surface area contributed by atoms with Gasteiger partial charge in [0.25, 0.3) is 0 Å². The second-order valence-corrected chi connectivity index (χ2v) is 5.73. The number of rotatable bonds is 2. The first-order chi connectivity index (χ1) is 10.2. The van der Waals surface area contributed by atoms with Gasteiger partial charge in [0.2, 0.25) is 0 Å². The number of nitrogen functional groups attached to an aromatic ring is 1. The Hall–Kier alpha value is -2.07. The Morgan fingerprint density at radius 1 is 1.14 bits per heavy atom. The average molecular weight is 297 g/mol. The molecule has 0 aromatic heterocycles. The topological polar surface area (TPSA) is 41.3 Å². The highest BCUT2D eigenvalue weighted by molar-refractivity contribution is 7.80. The van der Waals surface area contributed by atoms with Crippen LogP contribution in [0, 0.1) is 0 Å². The second-order valence-electron chi connectivity index (χ2n) is 5.34. The maximum absolute atomic E-state index is 5.87. The largest absolute Gasteiger partial charge is 0.399 e. The van der Waals surface area contributed by atoms with Crippen LogP contribution in [0.5, 0.6) is 0 Å². The number of thiocarbonyl (C=S) groups is 1. The molecule has 4 heteroatoms. The summed E-state index contributed by atoms with van der Waals surface area (Å²) in [5.74, 6) is 0. The minimum atomic E-state index is 0.764. The van der Waals surface area contributed by atoms with E-state index in [1.165, 1.54) is 16.7 Å². The van der Waals surface area contributed by atoms with Gasteiger partial charge in [0.15, 0.2) is 5.11 Å². The molecule has 1 heterocycles. The number of fused-ring (bicyclic) bond motifs is 1. The lowest BCUT2D eigenvalue weighted by molar-refractivity contribution is 0.387. The quantitative estimate of drug-likeness (QED) is 0.660. The first kappa shape index (κ1) is 13.9. The predicted molar refractivity (Wildman–Crippen MR) is 90.8 cm³/mol. The lowest BCUT2D eigenvalue weighted by Gasteiger charge is -2.31.